The third kappa shape index (κ3) is 1.54. The Morgan fingerprint density at radius 2 is 1.85 bits per heavy atom. The van der Waals surface area contributed by atoms with Gasteiger partial charge in [0.05, 0.1) is 5.56 Å². The van der Waals surface area contributed by atoms with Crippen molar-refractivity contribution in [3.05, 3.63) is 34.1 Å². The summed E-state index contributed by atoms with van der Waals surface area (Å²) in [5, 5.41) is 8.76. The fourth-order valence-corrected chi connectivity index (χ4v) is 1.31. The Morgan fingerprint density at radius 3 is 2.31 bits per heavy atom. The lowest BCUT2D eigenvalue weighted by Gasteiger charge is -2.08. The molecule has 1 aromatic carbocycles. The molecule has 0 saturated carbocycles. The van der Waals surface area contributed by atoms with Gasteiger partial charge < -0.3 is 5.11 Å². The van der Waals surface area contributed by atoms with Gasteiger partial charge in [0.1, 0.15) is 5.82 Å². The van der Waals surface area contributed by atoms with Crippen LogP contribution < -0.4 is 0 Å². The minimum Gasteiger partial charge on any atom is -0.478 e. The van der Waals surface area contributed by atoms with Gasteiger partial charge in [0.15, 0.2) is 0 Å². The van der Waals surface area contributed by atoms with Crippen molar-refractivity contribution >= 4 is 5.97 Å². The summed E-state index contributed by atoms with van der Waals surface area (Å²) in [5.41, 5.74) is 1.46. The number of halogens is 1. The lowest BCUT2D eigenvalue weighted by atomic mass is 9.99. The maximum atomic E-state index is 13.3. The van der Waals surface area contributed by atoms with Crippen molar-refractivity contribution < 1.29 is 14.3 Å². The number of carboxylic acid groups (broad SMARTS) is 1. The Balaban J connectivity index is 3.56. The number of aromatic carboxylic acids is 1. The maximum Gasteiger partial charge on any atom is 0.338 e. The molecule has 0 amide bonds. The van der Waals surface area contributed by atoms with Gasteiger partial charge in [-0.2, -0.15) is 0 Å². The van der Waals surface area contributed by atoms with E-state index >= 15 is 0 Å². The molecule has 2 nitrogen and oxygen atoms in total. The van der Waals surface area contributed by atoms with Crippen LogP contribution in [0.2, 0.25) is 0 Å². The van der Waals surface area contributed by atoms with Crippen LogP contribution in [0, 0.1) is 26.6 Å². The minimum atomic E-state index is -1.21. The molecule has 0 atom stereocenters. The summed E-state index contributed by atoms with van der Waals surface area (Å²) in [5.74, 6) is -1.84. The van der Waals surface area contributed by atoms with Crippen LogP contribution in [-0.2, 0) is 0 Å². The van der Waals surface area contributed by atoms with Crippen LogP contribution in [0.15, 0.2) is 6.07 Å². The molecule has 1 aromatic rings. The Bertz CT molecular complexity index is 343. The van der Waals surface area contributed by atoms with E-state index in [1.807, 2.05) is 0 Å². The molecular formula is C10H11FO2. The van der Waals surface area contributed by atoms with Gasteiger partial charge in [0, 0.05) is 0 Å². The lowest BCUT2D eigenvalue weighted by Crippen LogP contribution is -2.06. The van der Waals surface area contributed by atoms with Crippen molar-refractivity contribution in [1.29, 1.82) is 0 Å². The molecule has 0 saturated heterocycles. The number of aryl methyl sites for hydroxylation is 2. The van der Waals surface area contributed by atoms with Gasteiger partial charge in [0.25, 0.3) is 0 Å². The molecule has 70 valence electrons. The monoisotopic (exact) mass is 182 g/mol. The van der Waals surface area contributed by atoms with E-state index in [0.29, 0.717) is 11.1 Å². The van der Waals surface area contributed by atoms with Crippen molar-refractivity contribution in [3.8, 4) is 0 Å². The third-order valence-corrected chi connectivity index (χ3v) is 2.18. The molecule has 0 bridgehead atoms. The van der Waals surface area contributed by atoms with Crippen LogP contribution in [-0.4, -0.2) is 11.1 Å². The predicted molar refractivity (Wildman–Crippen MR) is 47.6 cm³/mol. The topological polar surface area (TPSA) is 37.3 Å². The number of carboxylic acids is 1. The Hall–Kier alpha value is -1.38. The maximum absolute atomic E-state index is 13.3. The van der Waals surface area contributed by atoms with Crippen molar-refractivity contribution in [2.24, 2.45) is 0 Å². The summed E-state index contributed by atoms with van der Waals surface area (Å²) in [4.78, 5) is 10.7. The first-order chi connectivity index (χ1) is 5.95. The van der Waals surface area contributed by atoms with Gasteiger partial charge in [-0.1, -0.05) is 6.07 Å². The standard InChI is InChI=1S/C10H11FO2/c1-5-4-6(2)9(11)8(7(5)3)10(12)13/h4H,1-3H3,(H,12,13). The van der Waals surface area contributed by atoms with Crippen LogP contribution in [0.5, 0.6) is 0 Å². The Labute approximate surface area is 76.0 Å². The number of rotatable bonds is 1. The summed E-state index contributed by atoms with van der Waals surface area (Å²) >= 11 is 0. The van der Waals surface area contributed by atoms with Crippen LogP contribution in [0.1, 0.15) is 27.0 Å². The molecule has 0 heterocycles. The molecule has 0 aromatic heterocycles. The second-order valence-electron chi connectivity index (χ2n) is 3.13. The van der Waals surface area contributed by atoms with E-state index in [2.05, 4.69) is 0 Å². The molecule has 1 N–H and O–H groups in total. The first kappa shape index (κ1) is 9.71. The molecule has 0 unspecified atom stereocenters. The normalized spacial score (nSPS) is 10.2. The molecule has 1 rings (SSSR count). The van der Waals surface area contributed by atoms with E-state index in [0.717, 1.165) is 5.56 Å². The third-order valence-electron chi connectivity index (χ3n) is 2.18. The highest BCUT2D eigenvalue weighted by atomic mass is 19.1. The van der Waals surface area contributed by atoms with Gasteiger partial charge in [-0.3, -0.25) is 0 Å². The van der Waals surface area contributed by atoms with Crippen molar-refractivity contribution in [3.63, 3.8) is 0 Å². The van der Waals surface area contributed by atoms with Crippen LogP contribution >= 0.6 is 0 Å². The van der Waals surface area contributed by atoms with Gasteiger partial charge in [0.2, 0.25) is 0 Å². The number of hydrogen-bond acceptors (Lipinski definition) is 1. The molecule has 0 fully saturated rings. The molecule has 0 spiro atoms. The van der Waals surface area contributed by atoms with Crippen LogP contribution in [0.25, 0.3) is 0 Å². The summed E-state index contributed by atoms with van der Waals surface area (Å²) in [6.45, 7) is 4.95. The highest BCUT2D eigenvalue weighted by Crippen LogP contribution is 2.20. The minimum absolute atomic E-state index is 0.211. The Kier molecular flexibility index (Phi) is 2.36. The summed E-state index contributed by atoms with van der Waals surface area (Å²) in [6.07, 6.45) is 0. The predicted octanol–water partition coefficient (Wildman–Crippen LogP) is 2.45. The van der Waals surface area contributed by atoms with Gasteiger partial charge in [-0.15, -0.1) is 0 Å². The quantitative estimate of drug-likeness (QED) is 0.724. The van der Waals surface area contributed by atoms with E-state index in [-0.39, 0.29) is 5.56 Å². The summed E-state index contributed by atoms with van der Waals surface area (Å²) < 4.78 is 13.3. The Morgan fingerprint density at radius 1 is 1.31 bits per heavy atom. The zero-order valence-corrected chi connectivity index (χ0v) is 7.81. The molecule has 0 aliphatic heterocycles. The SMILES string of the molecule is Cc1cc(C)c(F)c(C(=O)O)c1C. The largest absolute Gasteiger partial charge is 0.478 e. The fourth-order valence-electron chi connectivity index (χ4n) is 1.31. The average molecular weight is 182 g/mol. The molecule has 3 heteroatoms. The molecule has 0 aliphatic rings. The van der Waals surface area contributed by atoms with Gasteiger partial charge in [-0.25, -0.2) is 9.18 Å². The summed E-state index contributed by atoms with van der Waals surface area (Å²) in [7, 11) is 0. The van der Waals surface area contributed by atoms with E-state index < -0.39 is 11.8 Å². The van der Waals surface area contributed by atoms with Crippen molar-refractivity contribution in [1.82, 2.24) is 0 Å². The molecule has 0 aliphatic carbocycles. The molecular weight excluding hydrogens is 171 g/mol. The van der Waals surface area contributed by atoms with Gasteiger partial charge in [-0.05, 0) is 37.5 Å². The zero-order valence-electron chi connectivity index (χ0n) is 7.81. The second-order valence-corrected chi connectivity index (χ2v) is 3.13. The number of benzene rings is 1. The van der Waals surface area contributed by atoms with E-state index in [1.165, 1.54) is 0 Å². The highest BCUT2D eigenvalue weighted by molar-refractivity contribution is 5.90. The summed E-state index contributed by atoms with van der Waals surface area (Å²) in [6, 6.07) is 1.65. The van der Waals surface area contributed by atoms with Crippen molar-refractivity contribution in [2.45, 2.75) is 20.8 Å². The molecule has 13 heavy (non-hydrogen) atoms. The van der Waals surface area contributed by atoms with Gasteiger partial charge >= 0.3 is 5.97 Å². The van der Waals surface area contributed by atoms with E-state index in [4.69, 9.17) is 5.11 Å². The highest BCUT2D eigenvalue weighted by Gasteiger charge is 2.16. The lowest BCUT2D eigenvalue weighted by molar-refractivity contribution is 0.0690. The average Bonchev–Trinajstić information content (AvgIpc) is 2.01. The second kappa shape index (κ2) is 3.17. The first-order valence-corrected chi connectivity index (χ1v) is 3.94. The van der Waals surface area contributed by atoms with Crippen LogP contribution in [0.4, 0.5) is 4.39 Å². The number of carbonyl (C=O) groups is 1. The fraction of sp³-hybridized carbons (Fsp3) is 0.300. The smallest absolute Gasteiger partial charge is 0.338 e. The first-order valence-electron chi connectivity index (χ1n) is 3.94. The van der Waals surface area contributed by atoms with E-state index in [9.17, 15) is 9.18 Å². The van der Waals surface area contributed by atoms with Crippen molar-refractivity contribution in [2.75, 3.05) is 0 Å². The van der Waals surface area contributed by atoms with Crippen LogP contribution in [0.3, 0.4) is 0 Å². The van der Waals surface area contributed by atoms with E-state index in [1.54, 1.807) is 26.8 Å². The number of hydrogen-bond donors (Lipinski definition) is 1. The molecule has 0 radical (unpaired) electrons. The zero-order chi connectivity index (χ0) is 10.2.